The number of hydrogen-bond donors (Lipinski definition) is 1. The molecule has 1 saturated heterocycles. The number of likely N-dealkylation sites (N-methyl/N-ethyl adjacent to an activating group) is 1. The van der Waals surface area contributed by atoms with Gasteiger partial charge in [0.1, 0.15) is 0 Å². The molecule has 2 rings (SSSR count). The Morgan fingerprint density at radius 3 is 2.84 bits per heavy atom. The summed E-state index contributed by atoms with van der Waals surface area (Å²) in [6.45, 7) is 4.48. The summed E-state index contributed by atoms with van der Waals surface area (Å²) in [5.41, 5.74) is 2.32. The van der Waals surface area contributed by atoms with E-state index in [1.807, 2.05) is 19.2 Å². The molecule has 4 heteroatoms. The number of nitrogens with one attached hydrogen (secondary N) is 1. The first-order valence-electron chi connectivity index (χ1n) is 6.81. The standard InChI is InChI=1S/C15H23N3O/c1-12(19)18(3)10-13-6-4-5-7-15(13)16-14-8-9-17(2)11-14/h4-7,14,16H,8-11H2,1-3H3. The van der Waals surface area contributed by atoms with Gasteiger partial charge in [-0.3, -0.25) is 4.79 Å². The van der Waals surface area contributed by atoms with Crippen molar-refractivity contribution in [2.45, 2.75) is 25.9 Å². The van der Waals surface area contributed by atoms with Crippen LogP contribution in [-0.2, 0) is 11.3 Å². The van der Waals surface area contributed by atoms with Crippen LogP contribution in [0, 0.1) is 0 Å². The Hall–Kier alpha value is -1.55. The van der Waals surface area contributed by atoms with Crippen LogP contribution in [-0.4, -0.2) is 48.9 Å². The van der Waals surface area contributed by atoms with Gasteiger partial charge in [-0.15, -0.1) is 0 Å². The van der Waals surface area contributed by atoms with Gasteiger partial charge in [0, 0.05) is 38.8 Å². The first kappa shape index (κ1) is 13.9. The highest BCUT2D eigenvalue weighted by Crippen LogP contribution is 2.20. The Bertz CT molecular complexity index is 447. The number of carbonyl (C=O) groups is 1. The van der Waals surface area contributed by atoms with Gasteiger partial charge < -0.3 is 15.1 Å². The molecule has 1 aromatic carbocycles. The van der Waals surface area contributed by atoms with Crippen molar-refractivity contribution < 1.29 is 4.79 Å². The van der Waals surface area contributed by atoms with Crippen molar-refractivity contribution in [2.75, 3.05) is 32.5 Å². The van der Waals surface area contributed by atoms with Gasteiger partial charge >= 0.3 is 0 Å². The molecule has 1 aliphatic heterocycles. The van der Waals surface area contributed by atoms with Crippen LogP contribution in [0.15, 0.2) is 24.3 Å². The van der Waals surface area contributed by atoms with Crippen molar-refractivity contribution in [3.8, 4) is 0 Å². The number of carbonyl (C=O) groups excluding carboxylic acids is 1. The minimum atomic E-state index is 0.0930. The minimum Gasteiger partial charge on any atom is -0.381 e. The summed E-state index contributed by atoms with van der Waals surface area (Å²) in [4.78, 5) is 15.4. The van der Waals surface area contributed by atoms with Crippen LogP contribution < -0.4 is 5.32 Å². The Morgan fingerprint density at radius 1 is 1.47 bits per heavy atom. The lowest BCUT2D eigenvalue weighted by molar-refractivity contribution is -0.128. The van der Waals surface area contributed by atoms with Crippen molar-refractivity contribution in [1.29, 1.82) is 0 Å². The molecule has 1 amide bonds. The van der Waals surface area contributed by atoms with E-state index >= 15 is 0 Å². The zero-order valence-electron chi connectivity index (χ0n) is 12.0. The summed E-state index contributed by atoms with van der Waals surface area (Å²) in [5.74, 6) is 0.0930. The maximum atomic E-state index is 11.3. The van der Waals surface area contributed by atoms with Crippen LogP contribution in [0.5, 0.6) is 0 Å². The van der Waals surface area contributed by atoms with E-state index in [0.29, 0.717) is 12.6 Å². The minimum absolute atomic E-state index is 0.0930. The Balaban J connectivity index is 2.05. The number of anilines is 1. The predicted molar refractivity (Wildman–Crippen MR) is 78.1 cm³/mol. The third-order valence-corrected chi connectivity index (χ3v) is 3.71. The number of hydrogen-bond acceptors (Lipinski definition) is 3. The fraction of sp³-hybridized carbons (Fsp3) is 0.533. The second kappa shape index (κ2) is 6.06. The van der Waals surface area contributed by atoms with E-state index < -0.39 is 0 Å². The molecule has 0 spiro atoms. The molecule has 0 aromatic heterocycles. The van der Waals surface area contributed by atoms with Gasteiger partial charge in [0.05, 0.1) is 0 Å². The number of likely N-dealkylation sites (tertiary alicyclic amines) is 1. The van der Waals surface area contributed by atoms with Crippen LogP contribution in [0.2, 0.25) is 0 Å². The molecule has 1 unspecified atom stereocenters. The maximum Gasteiger partial charge on any atom is 0.219 e. The molecule has 104 valence electrons. The summed E-state index contributed by atoms with van der Waals surface area (Å²) in [5, 5.41) is 3.60. The molecule has 1 atom stereocenters. The van der Waals surface area contributed by atoms with E-state index in [4.69, 9.17) is 0 Å². The molecule has 0 bridgehead atoms. The molecular formula is C15H23N3O. The molecule has 1 fully saturated rings. The zero-order valence-corrected chi connectivity index (χ0v) is 12.0. The van der Waals surface area contributed by atoms with Gasteiger partial charge in [0.15, 0.2) is 0 Å². The molecule has 1 aliphatic rings. The summed E-state index contributed by atoms with van der Waals surface area (Å²) in [7, 11) is 3.99. The molecule has 4 nitrogen and oxygen atoms in total. The Labute approximate surface area is 115 Å². The normalized spacial score (nSPS) is 19.4. The number of amides is 1. The van der Waals surface area contributed by atoms with Crippen molar-refractivity contribution in [1.82, 2.24) is 9.80 Å². The fourth-order valence-electron chi connectivity index (χ4n) is 2.44. The highest BCUT2D eigenvalue weighted by Gasteiger charge is 2.20. The van der Waals surface area contributed by atoms with E-state index in [9.17, 15) is 4.79 Å². The molecular weight excluding hydrogens is 238 g/mol. The number of para-hydroxylation sites is 1. The van der Waals surface area contributed by atoms with Crippen LogP contribution >= 0.6 is 0 Å². The maximum absolute atomic E-state index is 11.3. The Morgan fingerprint density at radius 2 is 2.21 bits per heavy atom. The van der Waals surface area contributed by atoms with Gasteiger partial charge in [-0.05, 0) is 31.6 Å². The van der Waals surface area contributed by atoms with Crippen molar-refractivity contribution >= 4 is 11.6 Å². The monoisotopic (exact) mass is 261 g/mol. The summed E-state index contributed by atoms with van der Waals surface area (Å²) in [6, 6.07) is 8.75. The number of benzene rings is 1. The highest BCUT2D eigenvalue weighted by atomic mass is 16.2. The lowest BCUT2D eigenvalue weighted by Gasteiger charge is -2.21. The van der Waals surface area contributed by atoms with Gasteiger partial charge in [0.25, 0.3) is 0 Å². The van der Waals surface area contributed by atoms with E-state index in [2.05, 4.69) is 29.4 Å². The molecule has 1 N–H and O–H groups in total. The van der Waals surface area contributed by atoms with E-state index in [-0.39, 0.29) is 5.91 Å². The summed E-state index contributed by atoms with van der Waals surface area (Å²) < 4.78 is 0. The van der Waals surface area contributed by atoms with Crippen LogP contribution in [0.4, 0.5) is 5.69 Å². The fourth-order valence-corrected chi connectivity index (χ4v) is 2.44. The molecule has 1 aromatic rings. The first-order valence-corrected chi connectivity index (χ1v) is 6.81. The van der Waals surface area contributed by atoms with E-state index in [1.165, 1.54) is 12.0 Å². The van der Waals surface area contributed by atoms with Crippen molar-refractivity contribution in [3.63, 3.8) is 0 Å². The lowest BCUT2D eigenvalue weighted by Crippen LogP contribution is -2.26. The smallest absolute Gasteiger partial charge is 0.219 e. The third-order valence-electron chi connectivity index (χ3n) is 3.71. The average Bonchev–Trinajstić information content (AvgIpc) is 2.77. The van der Waals surface area contributed by atoms with Crippen LogP contribution in [0.1, 0.15) is 18.9 Å². The number of nitrogens with zero attached hydrogens (tertiary/aromatic N) is 2. The average molecular weight is 261 g/mol. The largest absolute Gasteiger partial charge is 0.381 e. The predicted octanol–water partition coefficient (Wildman–Crippen LogP) is 1.78. The summed E-state index contributed by atoms with van der Waals surface area (Å²) in [6.07, 6.45) is 1.17. The quantitative estimate of drug-likeness (QED) is 0.897. The van der Waals surface area contributed by atoms with Gasteiger partial charge in [-0.25, -0.2) is 0 Å². The topological polar surface area (TPSA) is 35.6 Å². The zero-order chi connectivity index (χ0) is 13.8. The SMILES string of the molecule is CC(=O)N(C)Cc1ccccc1NC1CCN(C)C1. The van der Waals surface area contributed by atoms with Gasteiger partial charge in [-0.1, -0.05) is 18.2 Å². The second-order valence-corrected chi connectivity index (χ2v) is 5.42. The molecule has 19 heavy (non-hydrogen) atoms. The molecule has 0 saturated carbocycles. The van der Waals surface area contributed by atoms with Crippen molar-refractivity contribution in [3.05, 3.63) is 29.8 Å². The van der Waals surface area contributed by atoms with E-state index in [0.717, 1.165) is 18.8 Å². The number of rotatable bonds is 4. The van der Waals surface area contributed by atoms with Gasteiger partial charge in [-0.2, -0.15) is 0 Å². The van der Waals surface area contributed by atoms with Crippen LogP contribution in [0.3, 0.4) is 0 Å². The molecule has 0 aliphatic carbocycles. The molecule has 1 heterocycles. The van der Waals surface area contributed by atoms with Crippen molar-refractivity contribution in [2.24, 2.45) is 0 Å². The summed E-state index contributed by atoms with van der Waals surface area (Å²) >= 11 is 0. The second-order valence-electron chi connectivity index (χ2n) is 5.42. The lowest BCUT2D eigenvalue weighted by atomic mass is 10.1. The van der Waals surface area contributed by atoms with Crippen LogP contribution in [0.25, 0.3) is 0 Å². The third kappa shape index (κ3) is 3.70. The first-order chi connectivity index (χ1) is 9.06. The van der Waals surface area contributed by atoms with E-state index in [1.54, 1.807) is 11.8 Å². The Kier molecular flexibility index (Phi) is 4.43. The highest BCUT2D eigenvalue weighted by molar-refractivity contribution is 5.73. The molecule has 0 radical (unpaired) electrons. The van der Waals surface area contributed by atoms with Gasteiger partial charge in [0.2, 0.25) is 5.91 Å².